The zero-order valence-electron chi connectivity index (χ0n) is 14.5. The fourth-order valence-corrected chi connectivity index (χ4v) is 4.25. The highest BCUT2D eigenvalue weighted by Crippen LogP contribution is 2.37. The van der Waals surface area contributed by atoms with E-state index in [-0.39, 0.29) is 30.1 Å². The van der Waals surface area contributed by atoms with Crippen LogP contribution >= 0.6 is 0 Å². The van der Waals surface area contributed by atoms with E-state index < -0.39 is 15.1 Å². The fourth-order valence-electron chi connectivity index (χ4n) is 2.59. The second-order valence-corrected chi connectivity index (χ2v) is 8.37. The van der Waals surface area contributed by atoms with Gasteiger partial charge in [0.2, 0.25) is 12.7 Å². The number of benzene rings is 1. The lowest BCUT2D eigenvalue weighted by atomic mass is 10.2. The number of carbonyl (C=O) groups excluding carboxylic acids is 1. The molecule has 1 N–H and O–H groups in total. The third-order valence-electron chi connectivity index (χ3n) is 4.09. The minimum absolute atomic E-state index is 0.0422. The first-order chi connectivity index (χ1) is 12.4. The summed E-state index contributed by atoms with van der Waals surface area (Å²) in [6.07, 6.45) is 3.07. The third-order valence-corrected chi connectivity index (χ3v) is 6.19. The summed E-state index contributed by atoms with van der Waals surface area (Å²) in [7, 11) is -3.79. The number of amides is 1. The van der Waals surface area contributed by atoms with E-state index >= 15 is 0 Å². The number of sulfone groups is 1. The number of fused-ring (bicyclic) bond motifs is 1. The molecule has 0 radical (unpaired) electrons. The summed E-state index contributed by atoms with van der Waals surface area (Å²) in [5.41, 5.74) is 0.509. The van der Waals surface area contributed by atoms with Crippen LogP contribution in [0.1, 0.15) is 24.7 Å². The monoisotopic (exact) mass is 376 g/mol. The highest BCUT2D eigenvalue weighted by atomic mass is 32.2. The van der Waals surface area contributed by atoms with Gasteiger partial charge in [0.05, 0.1) is 4.90 Å². The summed E-state index contributed by atoms with van der Waals surface area (Å²) in [6.45, 7) is 3.52. The first-order valence-electron chi connectivity index (χ1n) is 8.21. The molecule has 138 valence electrons. The van der Waals surface area contributed by atoms with Gasteiger partial charge in [-0.1, -0.05) is 19.9 Å². The van der Waals surface area contributed by atoms with E-state index in [4.69, 9.17) is 9.47 Å². The Bertz CT molecular complexity index is 897. The van der Waals surface area contributed by atoms with Crippen LogP contribution in [0.4, 0.5) is 0 Å². The molecule has 0 spiro atoms. The number of ether oxygens (including phenoxy) is 2. The number of rotatable bonds is 6. The van der Waals surface area contributed by atoms with Crippen molar-refractivity contribution in [3.8, 4) is 11.5 Å². The Hall–Kier alpha value is -2.61. The maximum absolute atomic E-state index is 13.2. The molecule has 7 nitrogen and oxygen atoms in total. The Balaban J connectivity index is 1.95. The number of pyridine rings is 1. The van der Waals surface area contributed by atoms with E-state index in [0.717, 1.165) is 0 Å². The lowest BCUT2D eigenvalue weighted by molar-refractivity contribution is -0.123. The van der Waals surface area contributed by atoms with Crippen molar-refractivity contribution < 1.29 is 22.7 Å². The SMILES string of the molecule is CC(C)C(=O)NC[C@H](c1cccnc1)S(=O)(=O)c1ccc2c(c1)OCO2. The van der Waals surface area contributed by atoms with Gasteiger partial charge in [0.25, 0.3) is 0 Å². The predicted octanol–water partition coefficient (Wildman–Crippen LogP) is 2.10. The number of nitrogens with one attached hydrogen (secondary N) is 1. The molecule has 0 bridgehead atoms. The average molecular weight is 376 g/mol. The van der Waals surface area contributed by atoms with Gasteiger partial charge in [-0.2, -0.15) is 0 Å². The Labute approximate surface area is 152 Å². The fraction of sp³-hybridized carbons (Fsp3) is 0.333. The van der Waals surface area contributed by atoms with E-state index in [1.807, 2.05) is 0 Å². The van der Waals surface area contributed by atoms with Gasteiger partial charge in [-0.3, -0.25) is 9.78 Å². The second kappa shape index (κ2) is 7.33. The average Bonchev–Trinajstić information content (AvgIpc) is 3.10. The van der Waals surface area contributed by atoms with Crippen LogP contribution < -0.4 is 14.8 Å². The minimum Gasteiger partial charge on any atom is -0.454 e. The molecule has 8 heteroatoms. The van der Waals surface area contributed by atoms with Gasteiger partial charge in [0.1, 0.15) is 5.25 Å². The molecule has 1 aromatic carbocycles. The van der Waals surface area contributed by atoms with Gasteiger partial charge in [0.15, 0.2) is 21.3 Å². The molecule has 0 aliphatic carbocycles. The number of nitrogens with zero attached hydrogens (tertiary/aromatic N) is 1. The standard InChI is InChI=1S/C18H20N2O5S/c1-12(2)18(21)20-10-17(13-4-3-7-19-9-13)26(22,23)14-5-6-15-16(8-14)25-11-24-15/h3-9,12,17H,10-11H2,1-2H3,(H,20,21)/t17-/m1/s1. The third kappa shape index (κ3) is 3.65. The summed E-state index contributed by atoms with van der Waals surface area (Å²) in [5.74, 6) is 0.454. The van der Waals surface area contributed by atoms with Crippen molar-refractivity contribution in [1.82, 2.24) is 10.3 Å². The van der Waals surface area contributed by atoms with Gasteiger partial charge < -0.3 is 14.8 Å². The molecule has 0 saturated heterocycles. The van der Waals surface area contributed by atoms with Crippen LogP contribution in [0, 0.1) is 5.92 Å². The molecule has 1 aromatic heterocycles. The number of aromatic nitrogens is 1. The molecule has 1 aliphatic rings. The molecule has 0 unspecified atom stereocenters. The largest absolute Gasteiger partial charge is 0.454 e. The van der Waals surface area contributed by atoms with Crippen LogP contribution in [0.25, 0.3) is 0 Å². The van der Waals surface area contributed by atoms with Gasteiger partial charge in [-0.15, -0.1) is 0 Å². The number of hydrogen-bond acceptors (Lipinski definition) is 6. The predicted molar refractivity (Wildman–Crippen MR) is 94.6 cm³/mol. The summed E-state index contributed by atoms with van der Waals surface area (Å²) in [6, 6.07) is 7.86. The minimum atomic E-state index is -3.79. The van der Waals surface area contributed by atoms with Crippen LogP contribution in [0.3, 0.4) is 0 Å². The van der Waals surface area contributed by atoms with Crippen molar-refractivity contribution in [3.63, 3.8) is 0 Å². The lowest BCUT2D eigenvalue weighted by Crippen LogP contribution is -2.34. The highest BCUT2D eigenvalue weighted by molar-refractivity contribution is 7.91. The van der Waals surface area contributed by atoms with Gasteiger partial charge in [-0.25, -0.2) is 8.42 Å². The second-order valence-electron chi connectivity index (χ2n) is 6.23. The smallest absolute Gasteiger partial charge is 0.231 e. The molecule has 2 heterocycles. The van der Waals surface area contributed by atoms with Crippen molar-refractivity contribution in [2.75, 3.05) is 13.3 Å². The first kappa shape index (κ1) is 18.2. The van der Waals surface area contributed by atoms with E-state index in [0.29, 0.717) is 17.1 Å². The molecule has 3 rings (SSSR count). The van der Waals surface area contributed by atoms with Gasteiger partial charge >= 0.3 is 0 Å². The highest BCUT2D eigenvalue weighted by Gasteiger charge is 2.31. The Kier molecular flexibility index (Phi) is 5.13. The summed E-state index contributed by atoms with van der Waals surface area (Å²) < 4.78 is 37.0. The maximum atomic E-state index is 13.2. The Morgan fingerprint density at radius 3 is 2.69 bits per heavy atom. The number of carbonyl (C=O) groups is 1. The Morgan fingerprint density at radius 2 is 2.00 bits per heavy atom. The van der Waals surface area contributed by atoms with Crippen LogP contribution in [-0.4, -0.2) is 32.6 Å². The van der Waals surface area contributed by atoms with Gasteiger partial charge in [0, 0.05) is 30.9 Å². The Morgan fingerprint density at radius 1 is 1.23 bits per heavy atom. The van der Waals surface area contributed by atoms with Crippen molar-refractivity contribution in [2.24, 2.45) is 5.92 Å². The molecule has 1 aliphatic heterocycles. The molecule has 26 heavy (non-hydrogen) atoms. The van der Waals surface area contributed by atoms with Crippen LogP contribution in [0.15, 0.2) is 47.6 Å². The quantitative estimate of drug-likeness (QED) is 0.830. The van der Waals surface area contributed by atoms with E-state index in [1.165, 1.54) is 18.3 Å². The van der Waals surface area contributed by atoms with Crippen molar-refractivity contribution >= 4 is 15.7 Å². The number of hydrogen-bond donors (Lipinski definition) is 1. The lowest BCUT2D eigenvalue weighted by Gasteiger charge is -2.19. The molecule has 1 amide bonds. The summed E-state index contributed by atoms with van der Waals surface area (Å²) >= 11 is 0. The van der Waals surface area contributed by atoms with Crippen molar-refractivity contribution in [3.05, 3.63) is 48.3 Å². The van der Waals surface area contributed by atoms with Gasteiger partial charge in [-0.05, 0) is 23.8 Å². The molecular formula is C18H20N2O5S. The van der Waals surface area contributed by atoms with Crippen molar-refractivity contribution in [2.45, 2.75) is 24.0 Å². The van der Waals surface area contributed by atoms with E-state index in [2.05, 4.69) is 10.3 Å². The zero-order chi connectivity index (χ0) is 18.7. The van der Waals surface area contributed by atoms with Crippen LogP contribution in [-0.2, 0) is 14.6 Å². The normalized spacial score (nSPS) is 14.3. The molecule has 0 saturated carbocycles. The maximum Gasteiger partial charge on any atom is 0.231 e. The summed E-state index contributed by atoms with van der Waals surface area (Å²) in [4.78, 5) is 16.1. The first-order valence-corrected chi connectivity index (χ1v) is 9.75. The van der Waals surface area contributed by atoms with Crippen LogP contribution in [0.5, 0.6) is 11.5 Å². The molecule has 1 atom stereocenters. The molecule has 2 aromatic rings. The summed E-state index contributed by atoms with van der Waals surface area (Å²) in [5, 5.41) is 1.75. The molecule has 0 fully saturated rings. The van der Waals surface area contributed by atoms with E-state index in [9.17, 15) is 13.2 Å². The van der Waals surface area contributed by atoms with Crippen LogP contribution in [0.2, 0.25) is 0 Å². The van der Waals surface area contributed by atoms with E-state index in [1.54, 1.807) is 38.2 Å². The van der Waals surface area contributed by atoms with Crippen molar-refractivity contribution in [1.29, 1.82) is 0 Å². The topological polar surface area (TPSA) is 94.6 Å². The zero-order valence-corrected chi connectivity index (χ0v) is 15.3. The molecular weight excluding hydrogens is 356 g/mol.